The van der Waals surface area contributed by atoms with E-state index < -0.39 is 8.07 Å². The van der Waals surface area contributed by atoms with Crippen LogP contribution < -0.4 is 4.46 Å². The van der Waals surface area contributed by atoms with Crippen molar-refractivity contribution < 1.29 is 0 Å². The second-order valence-electron chi connectivity index (χ2n) is 4.39. The van der Waals surface area contributed by atoms with Gasteiger partial charge in [0, 0.05) is 0 Å². The molecule has 0 N–H and O–H groups in total. The summed E-state index contributed by atoms with van der Waals surface area (Å²) in [5, 5.41) is 1.24. The number of rotatable bonds is 4. The summed E-state index contributed by atoms with van der Waals surface area (Å²) in [6.07, 6.45) is 2.37. The number of hydrogen-bond donors (Lipinski definition) is 0. The molecule has 0 aliphatic heterocycles. The summed E-state index contributed by atoms with van der Waals surface area (Å²) in [5.74, 6) is 0. The maximum absolute atomic E-state index is 2.44. The van der Waals surface area contributed by atoms with Crippen molar-refractivity contribution in [3.05, 3.63) is 42.1 Å². The van der Waals surface area contributed by atoms with Gasteiger partial charge < -0.3 is 0 Å². The van der Waals surface area contributed by atoms with Crippen LogP contribution in [0.3, 0.4) is 0 Å². The quantitative estimate of drug-likeness (QED) is 0.737. The third-order valence-electron chi connectivity index (χ3n) is 1.71. The van der Waals surface area contributed by atoms with Crippen LogP contribution in [0.25, 0.3) is 0 Å². The van der Waals surface area contributed by atoms with Crippen LogP contribution in [0.4, 0.5) is 0 Å². The first kappa shape index (κ1) is 11.8. The first-order valence-corrected chi connectivity index (χ1v) is 10.6. The first-order valence-electron chi connectivity index (χ1n) is 4.93. The second kappa shape index (κ2) is 5.55. The van der Waals surface area contributed by atoms with Crippen molar-refractivity contribution >= 4 is 27.5 Å². The molecule has 0 spiro atoms. The Morgan fingerprint density at radius 1 is 1.14 bits per heavy atom. The van der Waals surface area contributed by atoms with E-state index in [9.17, 15) is 0 Å². The van der Waals surface area contributed by atoms with Crippen LogP contribution in [-0.2, 0) is 0 Å². The van der Waals surface area contributed by atoms with E-state index in [1.165, 1.54) is 9.78 Å². The molecule has 1 aromatic carbocycles. The van der Waals surface area contributed by atoms with E-state index >= 15 is 0 Å². The van der Waals surface area contributed by atoms with Gasteiger partial charge in [0.05, 0.1) is 0 Å². The molecule has 0 heterocycles. The summed E-state index contributed by atoms with van der Waals surface area (Å²) in [4.78, 5) is 0. The van der Waals surface area contributed by atoms with Crippen molar-refractivity contribution in [1.29, 1.82) is 0 Å². The molecule has 0 saturated carbocycles. The average Bonchev–Trinajstić information content (AvgIpc) is 2.13. The van der Waals surface area contributed by atoms with E-state index in [2.05, 4.69) is 61.7 Å². The van der Waals surface area contributed by atoms with E-state index in [-0.39, 0.29) is 0 Å². The Morgan fingerprint density at radius 3 is 2.36 bits per heavy atom. The zero-order valence-electron chi connectivity index (χ0n) is 9.16. The van der Waals surface area contributed by atoms with E-state index in [1.54, 1.807) is 0 Å². The molecule has 0 unspecified atom stereocenters. The zero-order chi connectivity index (χ0) is 10.4. The molecule has 0 aliphatic carbocycles. The monoisotopic (exact) mass is 270 g/mol. The number of benzene rings is 1. The summed E-state index contributed by atoms with van der Waals surface area (Å²) >= 11 is 0.622. The van der Waals surface area contributed by atoms with Crippen LogP contribution in [0.5, 0.6) is 0 Å². The van der Waals surface area contributed by atoms with Crippen LogP contribution in [0.2, 0.25) is 25.0 Å². The van der Waals surface area contributed by atoms with Crippen molar-refractivity contribution in [3.8, 4) is 0 Å². The van der Waals surface area contributed by atoms with Gasteiger partial charge in [0.1, 0.15) is 0 Å². The van der Waals surface area contributed by atoms with Crippen molar-refractivity contribution in [1.82, 2.24) is 0 Å². The summed E-state index contributed by atoms with van der Waals surface area (Å²) in [7, 11) is -0.966. The molecule has 0 nitrogen and oxygen atoms in total. The van der Waals surface area contributed by atoms with Crippen molar-refractivity contribution in [2.45, 2.75) is 25.0 Å². The standard InChI is InChI=1S/C12H18SeSi/c1-14(2,3)11-7-10-13-12-8-5-4-6-9-12/h4-9,11H,10H2,1-3H3/b11-7-. The predicted octanol–water partition coefficient (Wildman–Crippen LogP) is 2.87. The molecule has 0 amide bonds. The van der Waals surface area contributed by atoms with Crippen LogP contribution in [0.1, 0.15) is 0 Å². The number of allylic oxidation sites excluding steroid dienone is 1. The summed E-state index contributed by atoms with van der Waals surface area (Å²) in [6, 6.07) is 10.8. The van der Waals surface area contributed by atoms with Gasteiger partial charge in [-0.1, -0.05) is 0 Å². The fraction of sp³-hybridized carbons (Fsp3) is 0.333. The van der Waals surface area contributed by atoms with Gasteiger partial charge in [0.15, 0.2) is 0 Å². The van der Waals surface area contributed by atoms with Crippen molar-refractivity contribution in [2.24, 2.45) is 0 Å². The zero-order valence-corrected chi connectivity index (χ0v) is 11.9. The predicted molar refractivity (Wildman–Crippen MR) is 69.1 cm³/mol. The molecule has 0 radical (unpaired) electrons. The number of hydrogen-bond acceptors (Lipinski definition) is 0. The van der Waals surface area contributed by atoms with Crippen molar-refractivity contribution in [3.63, 3.8) is 0 Å². The fourth-order valence-corrected chi connectivity index (χ4v) is 3.81. The van der Waals surface area contributed by atoms with E-state index in [4.69, 9.17) is 0 Å². The Balaban J connectivity index is 2.33. The third-order valence-corrected chi connectivity index (χ3v) is 4.97. The molecule has 76 valence electrons. The van der Waals surface area contributed by atoms with Gasteiger partial charge in [-0.2, -0.15) is 0 Å². The fourth-order valence-electron chi connectivity index (χ4n) is 1.06. The molecule has 14 heavy (non-hydrogen) atoms. The van der Waals surface area contributed by atoms with Gasteiger partial charge in [-0.15, -0.1) is 0 Å². The molecule has 0 bridgehead atoms. The molecule has 0 atom stereocenters. The van der Waals surface area contributed by atoms with Gasteiger partial charge in [-0.05, 0) is 0 Å². The van der Waals surface area contributed by atoms with E-state index in [0.29, 0.717) is 15.0 Å². The third kappa shape index (κ3) is 5.43. The average molecular weight is 269 g/mol. The summed E-state index contributed by atoms with van der Waals surface area (Å²) in [5.41, 5.74) is 2.44. The molecular weight excluding hydrogens is 251 g/mol. The Kier molecular flexibility index (Phi) is 4.66. The molecule has 0 aromatic heterocycles. The van der Waals surface area contributed by atoms with Gasteiger partial charge in [-0.3, -0.25) is 0 Å². The molecular formula is C12H18SeSi. The second-order valence-corrected chi connectivity index (χ2v) is 11.8. The van der Waals surface area contributed by atoms with Gasteiger partial charge >= 0.3 is 94.6 Å². The molecule has 1 rings (SSSR count). The summed E-state index contributed by atoms with van der Waals surface area (Å²) < 4.78 is 1.50. The van der Waals surface area contributed by atoms with Gasteiger partial charge in [-0.25, -0.2) is 0 Å². The minimum absolute atomic E-state index is 0.622. The van der Waals surface area contributed by atoms with Crippen LogP contribution in [0, 0.1) is 0 Å². The van der Waals surface area contributed by atoms with E-state index in [0.717, 1.165) is 0 Å². The first-order chi connectivity index (χ1) is 6.58. The summed E-state index contributed by atoms with van der Waals surface area (Å²) in [6.45, 7) is 7.12. The molecule has 0 aliphatic rings. The Morgan fingerprint density at radius 2 is 1.79 bits per heavy atom. The van der Waals surface area contributed by atoms with Crippen LogP contribution in [0.15, 0.2) is 42.1 Å². The Labute approximate surface area is 94.6 Å². The molecule has 1 aromatic rings. The Hall–Kier alpha value is -0.304. The normalized spacial score (nSPS) is 12.2. The van der Waals surface area contributed by atoms with Crippen molar-refractivity contribution in [2.75, 3.05) is 0 Å². The van der Waals surface area contributed by atoms with Gasteiger partial charge in [0.2, 0.25) is 0 Å². The Bertz CT molecular complexity index is 285. The molecule has 0 fully saturated rings. The van der Waals surface area contributed by atoms with Crippen LogP contribution >= 0.6 is 0 Å². The van der Waals surface area contributed by atoms with Gasteiger partial charge in [0.25, 0.3) is 0 Å². The topological polar surface area (TPSA) is 0 Å². The van der Waals surface area contributed by atoms with E-state index in [1.807, 2.05) is 0 Å². The molecule has 0 saturated heterocycles. The SMILES string of the molecule is C[Si](C)(C)/C=C\C[Se]c1ccccc1. The minimum atomic E-state index is -0.966. The maximum atomic E-state index is 2.44. The van der Waals surface area contributed by atoms with Crippen LogP contribution in [-0.4, -0.2) is 23.0 Å². The molecule has 2 heteroatoms.